The van der Waals surface area contributed by atoms with Crippen molar-refractivity contribution in [2.45, 2.75) is 37.5 Å². The molecule has 0 radical (unpaired) electrons. The number of hydrogen-bond acceptors (Lipinski definition) is 3. The van der Waals surface area contributed by atoms with Crippen LogP contribution in [0, 0.1) is 0 Å². The number of sulfonamides is 1. The second-order valence-electron chi connectivity index (χ2n) is 6.57. The molecule has 3 aromatic rings. The number of nitrogens with one attached hydrogen (secondary N) is 3. The third kappa shape index (κ3) is 4.37. The highest BCUT2D eigenvalue weighted by Gasteiger charge is 2.16. The molecule has 142 valence electrons. The molecule has 1 atom stereocenters. The smallest absolute Gasteiger partial charge is 0.257 e. The van der Waals surface area contributed by atoms with E-state index in [1.54, 1.807) is 30.5 Å². The van der Waals surface area contributed by atoms with E-state index in [9.17, 15) is 13.2 Å². The molecule has 3 N–H and O–H groups in total. The minimum Gasteiger partial charge on any atom is -0.361 e. The quantitative estimate of drug-likeness (QED) is 0.545. The fourth-order valence-corrected chi connectivity index (χ4v) is 3.75. The van der Waals surface area contributed by atoms with E-state index in [0.717, 1.165) is 28.5 Å². The van der Waals surface area contributed by atoms with Crippen molar-refractivity contribution >= 4 is 26.8 Å². The second-order valence-corrected chi connectivity index (χ2v) is 8.25. The molecule has 0 unspecified atom stereocenters. The molecule has 1 amide bonds. The second kappa shape index (κ2) is 7.94. The zero-order chi connectivity index (χ0) is 19.4. The van der Waals surface area contributed by atoms with E-state index >= 15 is 0 Å². The van der Waals surface area contributed by atoms with Gasteiger partial charge in [-0.2, -0.15) is 0 Å². The number of benzene rings is 2. The van der Waals surface area contributed by atoms with E-state index in [1.165, 1.54) is 0 Å². The van der Waals surface area contributed by atoms with Crippen molar-refractivity contribution in [3.63, 3.8) is 0 Å². The summed E-state index contributed by atoms with van der Waals surface area (Å²) in [5.41, 5.74) is 5.10. The lowest BCUT2D eigenvalue weighted by Crippen LogP contribution is -2.42. The van der Waals surface area contributed by atoms with Crippen molar-refractivity contribution in [3.8, 4) is 0 Å². The van der Waals surface area contributed by atoms with Crippen molar-refractivity contribution in [3.05, 3.63) is 65.9 Å². The van der Waals surface area contributed by atoms with E-state index in [4.69, 9.17) is 0 Å². The summed E-state index contributed by atoms with van der Waals surface area (Å²) in [5, 5.41) is 0.941. The topological polar surface area (TPSA) is 91.1 Å². The lowest BCUT2D eigenvalue weighted by atomic mass is 9.99. The molecule has 0 fully saturated rings. The summed E-state index contributed by atoms with van der Waals surface area (Å²) in [6.07, 6.45) is 2.81. The number of aromatic amines is 1. The average Bonchev–Trinajstić information content (AvgIpc) is 3.09. The van der Waals surface area contributed by atoms with E-state index in [2.05, 4.69) is 29.1 Å². The average molecular weight is 385 g/mol. The molecule has 0 aliphatic rings. The van der Waals surface area contributed by atoms with Gasteiger partial charge in [0.25, 0.3) is 10.0 Å². The van der Waals surface area contributed by atoms with Gasteiger partial charge in [0.05, 0.1) is 11.3 Å². The van der Waals surface area contributed by atoms with Gasteiger partial charge >= 0.3 is 0 Å². The van der Waals surface area contributed by atoms with Gasteiger partial charge in [0.15, 0.2) is 0 Å². The van der Waals surface area contributed by atoms with Crippen LogP contribution in [0.25, 0.3) is 10.9 Å². The number of amides is 1. The summed E-state index contributed by atoms with van der Waals surface area (Å²) in [6, 6.07) is 14.3. The third-order valence-electron chi connectivity index (χ3n) is 4.72. The summed E-state index contributed by atoms with van der Waals surface area (Å²) in [5.74, 6) is -0.0647. The van der Waals surface area contributed by atoms with Crippen molar-refractivity contribution in [2.75, 3.05) is 0 Å². The first-order valence-corrected chi connectivity index (χ1v) is 10.3. The van der Waals surface area contributed by atoms with Crippen LogP contribution in [0.5, 0.6) is 0 Å². The number of H-pyrrole nitrogens is 1. The minimum absolute atomic E-state index is 0.0689. The Morgan fingerprint density at radius 2 is 1.81 bits per heavy atom. The Bertz CT molecular complexity index is 1040. The molecule has 27 heavy (non-hydrogen) atoms. The molecule has 1 aromatic heterocycles. The number of fused-ring (bicyclic) bond motifs is 1. The predicted molar refractivity (Wildman–Crippen MR) is 106 cm³/mol. The lowest BCUT2D eigenvalue weighted by molar-refractivity contribution is -0.120. The van der Waals surface area contributed by atoms with Crippen LogP contribution in [0.3, 0.4) is 0 Å². The number of rotatable bonds is 7. The van der Waals surface area contributed by atoms with Crippen LogP contribution in [-0.2, 0) is 21.2 Å². The van der Waals surface area contributed by atoms with Gasteiger partial charge in [-0.1, -0.05) is 44.2 Å². The van der Waals surface area contributed by atoms with Gasteiger partial charge in [-0.3, -0.25) is 10.2 Å². The Kier molecular flexibility index (Phi) is 5.62. The van der Waals surface area contributed by atoms with Crippen molar-refractivity contribution in [1.82, 2.24) is 15.2 Å². The third-order valence-corrected chi connectivity index (χ3v) is 5.99. The van der Waals surface area contributed by atoms with Gasteiger partial charge in [-0.05, 0) is 41.7 Å². The van der Waals surface area contributed by atoms with Crippen LogP contribution in [0.4, 0.5) is 0 Å². The van der Waals surface area contributed by atoms with Gasteiger partial charge < -0.3 is 4.98 Å². The highest BCUT2D eigenvalue weighted by atomic mass is 32.2. The maximum atomic E-state index is 12.4. The summed E-state index contributed by atoms with van der Waals surface area (Å²) in [6.45, 7) is 4.17. The molecular weight excluding hydrogens is 362 g/mol. The monoisotopic (exact) mass is 385 g/mol. The van der Waals surface area contributed by atoms with E-state index in [0.29, 0.717) is 5.92 Å². The largest absolute Gasteiger partial charge is 0.361 e. The standard InChI is InChI=1S/C20H23N3O3S/c1-3-14(2)15-8-10-17(11-9-15)27(25,26)23-22-20(24)12-16-13-21-19-7-5-4-6-18(16)19/h4-11,13-14,21,23H,3,12H2,1-2H3,(H,22,24)/t14-/m0/s1. The van der Waals surface area contributed by atoms with Gasteiger partial charge in [0, 0.05) is 17.1 Å². The number of para-hydroxylation sites is 1. The Balaban J connectivity index is 1.63. The van der Waals surface area contributed by atoms with Crippen molar-refractivity contribution < 1.29 is 13.2 Å². The molecule has 0 saturated heterocycles. The summed E-state index contributed by atoms with van der Waals surface area (Å²) < 4.78 is 24.7. The Morgan fingerprint density at radius 3 is 2.52 bits per heavy atom. The van der Waals surface area contributed by atoms with Gasteiger partial charge in [-0.25, -0.2) is 8.42 Å². The lowest BCUT2D eigenvalue weighted by Gasteiger charge is -2.11. The highest BCUT2D eigenvalue weighted by molar-refractivity contribution is 7.89. The molecule has 0 spiro atoms. The summed E-state index contributed by atoms with van der Waals surface area (Å²) in [4.78, 5) is 17.5. The van der Waals surface area contributed by atoms with E-state index in [1.807, 2.05) is 24.3 Å². The predicted octanol–water partition coefficient (Wildman–Crippen LogP) is 3.23. The van der Waals surface area contributed by atoms with Crippen LogP contribution in [0.1, 0.15) is 37.3 Å². The molecular formula is C20H23N3O3S. The Hall–Kier alpha value is -2.64. The fraction of sp³-hybridized carbons (Fsp3) is 0.250. The Morgan fingerprint density at radius 1 is 1.11 bits per heavy atom. The molecule has 0 aliphatic carbocycles. The zero-order valence-corrected chi connectivity index (χ0v) is 16.1. The van der Waals surface area contributed by atoms with Crippen LogP contribution < -0.4 is 10.3 Å². The maximum absolute atomic E-state index is 12.4. The van der Waals surface area contributed by atoms with Crippen molar-refractivity contribution in [2.24, 2.45) is 0 Å². The molecule has 6 nitrogen and oxygen atoms in total. The first-order chi connectivity index (χ1) is 12.9. The van der Waals surface area contributed by atoms with E-state index in [-0.39, 0.29) is 11.3 Å². The fourth-order valence-electron chi connectivity index (χ4n) is 2.89. The number of aromatic nitrogens is 1. The van der Waals surface area contributed by atoms with Gasteiger partial charge in [0.2, 0.25) is 5.91 Å². The molecule has 0 saturated carbocycles. The first kappa shape index (κ1) is 19.1. The number of hydrazine groups is 1. The maximum Gasteiger partial charge on any atom is 0.257 e. The number of carbonyl (C=O) groups is 1. The Labute approximate surface area is 159 Å². The number of hydrogen-bond donors (Lipinski definition) is 3. The highest BCUT2D eigenvalue weighted by Crippen LogP contribution is 2.20. The van der Waals surface area contributed by atoms with Crippen LogP contribution in [0.2, 0.25) is 0 Å². The van der Waals surface area contributed by atoms with Crippen LogP contribution in [-0.4, -0.2) is 19.3 Å². The number of carbonyl (C=O) groups excluding carboxylic acids is 1. The summed E-state index contributed by atoms with van der Waals surface area (Å²) in [7, 11) is -3.82. The van der Waals surface area contributed by atoms with Crippen LogP contribution >= 0.6 is 0 Å². The molecule has 7 heteroatoms. The molecule has 1 heterocycles. The van der Waals surface area contributed by atoms with Gasteiger partial charge in [0.1, 0.15) is 0 Å². The van der Waals surface area contributed by atoms with Gasteiger partial charge in [-0.15, -0.1) is 4.83 Å². The van der Waals surface area contributed by atoms with Crippen molar-refractivity contribution in [1.29, 1.82) is 0 Å². The first-order valence-electron chi connectivity index (χ1n) is 8.86. The molecule has 3 rings (SSSR count). The SMILES string of the molecule is CC[C@H](C)c1ccc(S(=O)(=O)NNC(=O)Cc2c[nH]c3ccccc23)cc1. The van der Waals surface area contributed by atoms with Crippen LogP contribution in [0.15, 0.2) is 59.6 Å². The molecule has 0 aliphatic heterocycles. The molecule has 0 bridgehead atoms. The minimum atomic E-state index is -3.82. The molecule has 2 aromatic carbocycles. The normalized spacial score (nSPS) is 12.8. The van der Waals surface area contributed by atoms with E-state index < -0.39 is 15.9 Å². The summed E-state index contributed by atoms with van der Waals surface area (Å²) >= 11 is 0. The zero-order valence-electron chi connectivity index (χ0n) is 15.3.